The Morgan fingerprint density at radius 2 is 2.25 bits per heavy atom. The van der Waals surface area contributed by atoms with Gasteiger partial charge in [-0.1, -0.05) is 23.7 Å². The van der Waals surface area contributed by atoms with Gasteiger partial charge in [-0.05, 0) is 30.5 Å². The molecule has 1 amide bonds. The molecule has 4 nitrogen and oxygen atoms in total. The first kappa shape index (κ1) is 17.2. The van der Waals surface area contributed by atoms with Crippen LogP contribution in [-0.4, -0.2) is 32.2 Å². The Balaban J connectivity index is 0.00000200. The van der Waals surface area contributed by atoms with Crippen molar-refractivity contribution in [3.8, 4) is 0 Å². The summed E-state index contributed by atoms with van der Waals surface area (Å²) in [4.78, 5) is 11.8. The van der Waals surface area contributed by atoms with Gasteiger partial charge in [-0.15, -0.1) is 12.4 Å². The van der Waals surface area contributed by atoms with E-state index in [1.165, 1.54) is 12.7 Å². The van der Waals surface area contributed by atoms with Gasteiger partial charge in [0.1, 0.15) is 6.04 Å². The number of ether oxygens (including phenoxy) is 1. The van der Waals surface area contributed by atoms with Crippen LogP contribution in [0.1, 0.15) is 18.4 Å². The quantitative estimate of drug-likeness (QED) is 0.841. The van der Waals surface area contributed by atoms with Crippen LogP contribution in [0.25, 0.3) is 0 Å². The van der Waals surface area contributed by atoms with Crippen LogP contribution in [0, 0.1) is 0 Å². The molecule has 0 spiro atoms. The molecule has 0 radical (unpaired) electrons. The number of amides is 1. The zero-order chi connectivity index (χ0) is 13.9. The summed E-state index contributed by atoms with van der Waals surface area (Å²) in [5.41, 5.74) is 6.90. The van der Waals surface area contributed by atoms with Gasteiger partial charge in [0.05, 0.1) is 6.61 Å². The molecule has 1 aliphatic rings. The third-order valence-electron chi connectivity index (χ3n) is 3.57. The first-order valence-corrected chi connectivity index (χ1v) is 6.73. The molecule has 1 aromatic carbocycles. The van der Waals surface area contributed by atoms with Crippen LogP contribution in [-0.2, 0) is 14.9 Å². The highest BCUT2D eigenvalue weighted by Gasteiger charge is 2.44. The highest BCUT2D eigenvalue weighted by molar-refractivity contribution is 6.30. The van der Waals surface area contributed by atoms with E-state index in [1.807, 2.05) is 18.2 Å². The van der Waals surface area contributed by atoms with Gasteiger partial charge in [0.2, 0.25) is 5.91 Å². The molecule has 0 heterocycles. The van der Waals surface area contributed by atoms with Crippen molar-refractivity contribution in [1.82, 2.24) is 5.32 Å². The number of methoxy groups -OCH3 is 1. The van der Waals surface area contributed by atoms with Crippen molar-refractivity contribution in [3.05, 3.63) is 34.9 Å². The molecule has 1 aromatic rings. The zero-order valence-corrected chi connectivity index (χ0v) is 13.0. The Morgan fingerprint density at radius 1 is 1.55 bits per heavy atom. The molecule has 1 unspecified atom stereocenters. The van der Waals surface area contributed by atoms with Crippen molar-refractivity contribution in [2.24, 2.45) is 5.73 Å². The largest absolute Gasteiger partial charge is 0.383 e. The number of rotatable bonds is 6. The lowest BCUT2D eigenvalue weighted by molar-refractivity contribution is -0.123. The smallest absolute Gasteiger partial charge is 0.239 e. The van der Waals surface area contributed by atoms with Crippen molar-refractivity contribution in [1.29, 1.82) is 0 Å². The molecule has 1 atom stereocenters. The summed E-state index contributed by atoms with van der Waals surface area (Å²) in [6, 6.07) is 7.21. The van der Waals surface area contributed by atoms with Gasteiger partial charge in [0, 0.05) is 24.1 Å². The van der Waals surface area contributed by atoms with Crippen molar-refractivity contribution in [3.63, 3.8) is 0 Å². The lowest BCUT2D eigenvalue weighted by atomic mass is 9.96. The molecule has 1 saturated carbocycles. The number of nitrogens with two attached hydrogens (primary N) is 1. The molecule has 0 saturated heterocycles. The second-order valence-corrected chi connectivity index (χ2v) is 5.51. The van der Waals surface area contributed by atoms with Gasteiger partial charge >= 0.3 is 0 Å². The molecule has 20 heavy (non-hydrogen) atoms. The average Bonchev–Trinajstić information content (AvgIpc) is 3.17. The van der Waals surface area contributed by atoms with Crippen LogP contribution in [0.15, 0.2) is 24.3 Å². The van der Waals surface area contributed by atoms with Gasteiger partial charge < -0.3 is 15.8 Å². The summed E-state index contributed by atoms with van der Waals surface area (Å²) in [6.07, 6.45) is 2.13. The Bertz CT molecular complexity index is 464. The molecule has 1 aliphatic carbocycles. The predicted octanol–water partition coefficient (Wildman–Crippen LogP) is 1.88. The Kier molecular flexibility index (Phi) is 6.27. The van der Waals surface area contributed by atoms with Crippen LogP contribution in [0.4, 0.5) is 0 Å². The minimum atomic E-state index is -0.611. The molecule has 6 heteroatoms. The third kappa shape index (κ3) is 4.09. The fourth-order valence-electron chi connectivity index (χ4n) is 2.18. The number of hydrogen-bond acceptors (Lipinski definition) is 3. The van der Waals surface area contributed by atoms with Crippen LogP contribution in [0.3, 0.4) is 0 Å². The zero-order valence-electron chi connectivity index (χ0n) is 11.4. The number of carbonyl (C=O) groups is 1. The fourth-order valence-corrected chi connectivity index (χ4v) is 2.37. The number of halogens is 2. The molecular formula is C14H20Cl2N2O2. The first-order chi connectivity index (χ1) is 9.07. The summed E-state index contributed by atoms with van der Waals surface area (Å²) in [6.45, 7) is 0.833. The lowest BCUT2D eigenvalue weighted by Gasteiger charge is -2.18. The van der Waals surface area contributed by atoms with E-state index in [2.05, 4.69) is 11.4 Å². The topological polar surface area (TPSA) is 64.3 Å². The van der Waals surface area contributed by atoms with Crippen LogP contribution < -0.4 is 11.1 Å². The molecular weight excluding hydrogens is 299 g/mol. The van der Waals surface area contributed by atoms with E-state index in [9.17, 15) is 4.79 Å². The van der Waals surface area contributed by atoms with Crippen molar-refractivity contribution in [2.45, 2.75) is 24.3 Å². The third-order valence-corrected chi connectivity index (χ3v) is 3.81. The van der Waals surface area contributed by atoms with E-state index >= 15 is 0 Å². The summed E-state index contributed by atoms with van der Waals surface area (Å²) >= 11 is 6.01. The van der Waals surface area contributed by atoms with E-state index in [-0.39, 0.29) is 30.3 Å². The molecule has 3 N–H and O–H groups in total. The molecule has 0 bridgehead atoms. The van der Waals surface area contributed by atoms with Gasteiger partial charge in [-0.2, -0.15) is 0 Å². The Morgan fingerprint density at radius 3 is 2.80 bits per heavy atom. The van der Waals surface area contributed by atoms with Gasteiger partial charge in [-0.3, -0.25) is 4.79 Å². The minimum absolute atomic E-state index is 0. The highest BCUT2D eigenvalue weighted by atomic mass is 35.5. The normalized spacial score (nSPS) is 16.9. The standard InChI is InChI=1S/C14H19ClN2O2.ClH/c1-19-8-12(16)13(18)17-9-14(5-6-14)10-3-2-4-11(15)7-10;/h2-4,7,12H,5-6,8-9,16H2,1H3,(H,17,18);1H. The summed E-state index contributed by atoms with van der Waals surface area (Å²) in [5.74, 6) is -0.171. The highest BCUT2D eigenvalue weighted by Crippen LogP contribution is 2.48. The summed E-state index contributed by atoms with van der Waals surface area (Å²) in [5, 5.41) is 3.63. The summed E-state index contributed by atoms with van der Waals surface area (Å²) in [7, 11) is 1.53. The van der Waals surface area contributed by atoms with Crippen molar-refractivity contribution in [2.75, 3.05) is 20.3 Å². The van der Waals surface area contributed by atoms with E-state index in [0.717, 1.165) is 17.9 Å². The number of nitrogens with one attached hydrogen (secondary N) is 1. The van der Waals surface area contributed by atoms with E-state index in [4.69, 9.17) is 22.1 Å². The van der Waals surface area contributed by atoms with E-state index < -0.39 is 6.04 Å². The van der Waals surface area contributed by atoms with Crippen molar-refractivity contribution >= 4 is 29.9 Å². The van der Waals surface area contributed by atoms with Crippen LogP contribution in [0.2, 0.25) is 5.02 Å². The lowest BCUT2D eigenvalue weighted by Crippen LogP contribution is -2.45. The Labute approximate surface area is 130 Å². The van der Waals surface area contributed by atoms with Crippen LogP contribution in [0.5, 0.6) is 0 Å². The molecule has 0 aromatic heterocycles. The molecule has 2 rings (SSSR count). The van der Waals surface area contributed by atoms with Gasteiger partial charge in [-0.25, -0.2) is 0 Å². The summed E-state index contributed by atoms with van der Waals surface area (Å²) < 4.78 is 4.87. The first-order valence-electron chi connectivity index (χ1n) is 6.36. The van der Waals surface area contributed by atoms with E-state index in [0.29, 0.717) is 6.54 Å². The Hall–Kier alpha value is -0.810. The maximum absolute atomic E-state index is 11.8. The fraction of sp³-hybridized carbons (Fsp3) is 0.500. The van der Waals surface area contributed by atoms with Gasteiger partial charge in [0.25, 0.3) is 0 Å². The van der Waals surface area contributed by atoms with E-state index in [1.54, 1.807) is 0 Å². The SMILES string of the molecule is COCC(N)C(=O)NCC1(c2cccc(Cl)c2)CC1.Cl. The second kappa shape index (κ2) is 7.27. The maximum Gasteiger partial charge on any atom is 0.239 e. The van der Waals surface area contributed by atoms with Gasteiger partial charge in [0.15, 0.2) is 0 Å². The monoisotopic (exact) mass is 318 g/mol. The number of carbonyl (C=O) groups excluding carboxylic acids is 1. The van der Waals surface area contributed by atoms with Crippen molar-refractivity contribution < 1.29 is 9.53 Å². The number of hydrogen-bond donors (Lipinski definition) is 2. The predicted molar refractivity (Wildman–Crippen MR) is 82.5 cm³/mol. The molecule has 0 aliphatic heterocycles. The number of benzene rings is 1. The molecule has 112 valence electrons. The molecule has 1 fully saturated rings. The maximum atomic E-state index is 11.8. The second-order valence-electron chi connectivity index (χ2n) is 5.07. The van der Waals surface area contributed by atoms with Crippen LogP contribution >= 0.6 is 24.0 Å². The average molecular weight is 319 g/mol. The minimum Gasteiger partial charge on any atom is -0.383 e.